The molecule has 0 fully saturated rings. The van der Waals surface area contributed by atoms with E-state index >= 15 is 0 Å². The van der Waals surface area contributed by atoms with E-state index in [9.17, 15) is 4.79 Å². The molecule has 1 rings (SSSR count). The van der Waals surface area contributed by atoms with Crippen LogP contribution in [0.1, 0.15) is 17.5 Å². The normalized spacial score (nSPS) is 9.56. The summed E-state index contributed by atoms with van der Waals surface area (Å²) in [5.41, 5.74) is 2.18. The molecule has 3 nitrogen and oxygen atoms in total. The monoisotopic (exact) mass is 216 g/mol. The van der Waals surface area contributed by atoms with Gasteiger partial charge in [-0.1, -0.05) is 29.8 Å². The number of hydrogen-bond donors (Lipinski definition) is 0. The zero-order valence-electron chi connectivity index (χ0n) is 9.73. The maximum absolute atomic E-state index is 11.7. The summed E-state index contributed by atoms with van der Waals surface area (Å²) < 4.78 is 0. The fourth-order valence-corrected chi connectivity index (χ4v) is 1.47. The van der Waals surface area contributed by atoms with Crippen LogP contribution in [0.2, 0.25) is 0 Å². The SMILES string of the molecule is Cc1cccc(CC(=O)N(C)CCC#N)c1. The quantitative estimate of drug-likeness (QED) is 0.771. The number of likely N-dealkylation sites (N-methyl/N-ethyl adjacent to an activating group) is 1. The van der Waals surface area contributed by atoms with Crippen molar-refractivity contribution in [3.8, 4) is 6.07 Å². The van der Waals surface area contributed by atoms with E-state index < -0.39 is 0 Å². The van der Waals surface area contributed by atoms with Crippen molar-refractivity contribution in [3.63, 3.8) is 0 Å². The van der Waals surface area contributed by atoms with Crippen molar-refractivity contribution in [2.75, 3.05) is 13.6 Å². The molecule has 0 radical (unpaired) electrons. The summed E-state index contributed by atoms with van der Waals surface area (Å²) in [4.78, 5) is 13.3. The molecule has 0 bridgehead atoms. The molecule has 1 aromatic rings. The van der Waals surface area contributed by atoms with Crippen LogP contribution in [0, 0.1) is 18.3 Å². The fourth-order valence-electron chi connectivity index (χ4n) is 1.47. The number of amides is 1. The molecule has 0 heterocycles. The van der Waals surface area contributed by atoms with Gasteiger partial charge in [-0.25, -0.2) is 0 Å². The molecule has 1 aromatic carbocycles. The molecule has 84 valence electrons. The second-order valence-electron chi connectivity index (χ2n) is 3.89. The maximum atomic E-state index is 11.7. The van der Waals surface area contributed by atoms with E-state index in [0.29, 0.717) is 19.4 Å². The van der Waals surface area contributed by atoms with Crippen molar-refractivity contribution in [3.05, 3.63) is 35.4 Å². The summed E-state index contributed by atoms with van der Waals surface area (Å²) >= 11 is 0. The van der Waals surface area contributed by atoms with E-state index in [1.54, 1.807) is 11.9 Å². The van der Waals surface area contributed by atoms with Crippen LogP contribution < -0.4 is 0 Å². The fraction of sp³-hybridized carbons (Fsp3) is 0.385. The number of carbonyl (C=O) groups is 1. The van der Waals surface area contributed by atoms with Gasteiger partial charge in [-0.3, -0.25) is 4.79 Å². The Morgan fingerprint density at radius 2 is 2.25 bits per heavy atom. The molecule has 0 aliphatic carbocycles. The van der Waals surface area contributed by atoms with E-state index in [1.165, 1.54) is 0 Å². The molecule has 0 aliphatic heterocycles. The topological polar surface area (TPSA) is 44.1 Å². The highest BCUT2D eigenvalue weighted by atomic mass is 16.2. The lowest BCUT2D eigenvalue weighted by Gasteiger charge is -2.15. The predicted molar refractivity (Wildman–Crippen MR) is 62.8 cm³/mol. The van der Waals surface area contributed by atoms with Gasteiger partial charge < -0.3 is 4.90 Å². The highest BCUT2D eigenvalue weighted by molar-refractivity contribution is 5.78. The Bertz CT molecular complexity index is 407. The number of carbonyl (C=O) groups excluding carboxylic acids is 1. The molecule has 3 heteroatoms. The first-order valence-corrected chi connectivity index (χ1v) is 5.30. The van der Waals surface area contributed by atoms with Crippen LogP contribution in [0.25, 0.3) is 0 Å². The molecule has 0 atom stereocenters. The summed E-state index contributed by atoms with van der Waals surface area (Å²) in [5.74, 6) is 0.0563. The Morgan fingerprint density at radius 1 is 1.50 bits per heavy atom. The van der Waals surface area contributed by atoms with Gasteiger partial charge in [0.2, 0.25) is 5.91 Å². The molecule has 0 aliphatic rings. The van der Waals surface area contributed by atoms with E-state index in [0.717, 1.165) is 11.1 Å². The molecular weight excluding hydrogens is 200 g/mol. The van der Waals surface area contributed by atoms with E-state index in [1.807, 2.05) is 37.3 Å². The Kier molecular flexibility index (Phi) is 4.53. The summed E-state index contributed by atoms with van der Waals surface area (Å²) in [6, 6.07) is 9.95. The molecule has 0 N–H and O–H groups in total. The van der Waals surface area contributed by atoms with Crippen LogP contribution in [-0.2, 0) is 11.2 Å². The molecule has 1 amide bonds. The van der Waals surface area contributed by atoms with Crippen molar-refractivity contribution >= 4 is 5.91 Å². The van der Waals surface area contributed by atoms with Gasteiger partial charge in [0, 0.05) is 13.6 Å². The standard InChI is InChI=1S/C13H16N2O/c1-11-5-3-6-12(9-11)10-13(16)15(2)8-4-7-14/h3,5-6,9H,4,8,10H2,1-2H3. The van der Waals surface area contributed by atoms with E-state index in [4.69, 9.17) is 5.26 Å². The Labute approximate surface area is 96.3 Å². The lowest BCUT2D eigenvalue weighted by molar-refractivity contribution is -0.129. The van der Waals surface area contributed by atoms with Crippen molar-refractivity contribution in [1.82, 2.24) is 4.90 Å². The molecule has 0 saturated carbocycles. The van der Waals surface area contributed by atoms with E-state index in [2.05, 4.69) is 0 Å². The first-order chi connectivity index (χ1) is 7.63. The van der Waals surface area contributed by atoms with Gasteiger partial charge in [-0.05, 0) is 12.5 Å². The summed E-state index contributed by atoms with van der Waals surface area (Å²) in [6.45, 7) is 2.51. The van der Waals surface area contributed by atoms with Gasteiger partial charge in [0.15, 0.2) is 0 Å². The predicted octanol–water partition coefficient (Wildman–Crippen LogP) is 1.91. The third kappa shape index (κ3) is 3.74. The largest absolute Gasteiger partial charge is 0.344 e. The number of benzene rings is 1. The lowest BCUT2D eigenvalue weighted by atomic mass is 10.1. The molecule has 0 saturated heterocycles. The third-order valence-electron chi connectivity index (χ3n) is 2.42. The Hall–Kier alpha value is -1.82. The number of hydrogen-bond acceptors (Lipinski definition) is 2. The first kappa shape index (κ1) is 12.3. The van der Waals surface area contributed by atoms with Crippen molar-refractivity contribution in [2.45, 2.75) is 19.8 Å². The summed E-state index contributed by atoms with van der Waals surface area (Å²) in [6.07, 6.45) is 0.791. The minimum absolute atomic E-state index is 0.0563. The average Bonchev–Trinajstić information content (AvgIpc) is 2.25. The highest BCUT2D eigenvalue weighted by Crippen LogP contribution is 2.06. The van der Waals surface area contributed by atoms with Crippen LogP contribution in [0.4, 0.5) is 0 Å². The smallest absolute Gasteiger partial charge is 0.226 e. The minimum atomic E-state index is 0.0563. The van der Waals surface area contributed by atoms with Gasteiger partial charge in [-0.2, -0.15) is 5.26 Å². The number of nitrogens with zero attached hydrogens (tertiary/aromatic N) is 2. The van der Waals surface area contributed by atoms with Crippen LogP contribution in [0.5, 0.6) is 0 Å². The lowest BCUT2D eigenvalue weighted by Crippen LogP contribution is -2.28. The molecule has 16 heavy (non-hydrogen) atoms. The highest BCUT2D eigenvalue weighted by Gasteiger charge is 2.08. The van der Waals surface area contributed by atoms with Crippen LogP contribution in [-0.4, -0.2) is 24.4 Å². The van der Waals surface area contributed by atoms with Crippen LogP contribution >= 0.6 is 0 Å². The average molecular weight is 216 g/mol. The van der Waals surface area contributed by atoms with Crippen LogP contribution in [0.15, 0.2) is 24.3 Å². The van der Waals surface area contributed by atoms with Gasteiger partial charge in [0.05, 0.1) is 18.9 Å². The Morgan fingerprint density at radius 3 is 2.88 bits per heavy atom. The zero-order chi connectivity index (χ0) is 12.0. The van der Waals surface area contributed by atoms with Gasteiger partial charge in [0.25, 0.3) is 0 Å². The second-order valence-corrected chi connectivity index (χ2v) is 3.89. The first-order valence-electron chi connectivity index (χ1n) is 5.30. The second kappa shape index (κ2) is 5.92. The van der Waals surface area contributed by atoms with Crippen LogP contribution in [0.3, 0.4) is 0 Å². The number of aryl methyl sites for hydroxylation is 1. The number of nitriles is 1. The van der Waals surface area contributed by atoms with Crippen molar-refractivity contribution in [2.24, 2.45) is 0 Å². The molecule has 0 aromatic heterocycles. The van der Waals surface area contributed by atoms with Crippen molar-refractivity contribution in [1.29, 1.82) is 5.26 Å². The van der Waals surface area contributed by atoms with Gasteiger partial charge >= 0.3 is 0 Å². The Balaban J connectivity index is 2.54. The van der Waals surface area contributed by atoms with Gasteiger partial charge in [-0.15, -0.1) is 0 Å². The minimum Gasteiger partial charge on any atom is -0.344 e. The molecule has 0 spiro atoms. The summed E-state index contributed by atoms with van der Waals surface area (Å²) in [5, 5.41) is 8.44. The van der Waals surface area contributed by atoms with Gasteiger partial charge in [0.1, 0.15) is 0 Å². The molecular formula is C13H16N2O. The zero-order valence-corrected chi connectivity index (χ0v) is 9.73. The number of rotatable bonds is 4. The molecule has 0 unspecified atom stereocenters. The van der Waals surface area contributed by atoms with E-state index in [-0.39, 0.29) is 5.91 Å². The maximum Gasteiger partial charge on any atom is 0.226 e. The summed E-state index contributed by atoms with van der Waals surface area (Å²) in [7, 11) is 1.73. The van der Waals surface area contributed by atoms with Crippen molar-refractivity contribution < 1.29 is 4.79 Å². The third-order valence-corrected chi connectivity index (χ3v) is 2.42.